The van der Waals surface area contributed by atoms with E-state index in [9.17, 15) is 9.59 Å². The molecule has 11 heteroatoms. The van der Waals surface area contributed by atoms with Crippen molar-refractivity contribution in [2.45, 2.75) is 24.3 Å². The Labute approximate surface area is 203 Å². The molecule has 0 bridgehead atoms. The molecule has 0 saturated carbocycles. The molecule has 2 unspecified atom stereocenters. The van der Waals surface area contributed by atoms with Crippen LogP contribution in [0.4, 0.5) is 10.5 Å². The predicted molar refractivity (Wildman–Crippen MR) is 131 cm³/mol. The molecule has 3 amide bonds. The number of thioether (sulfide) groups is 1. The Hall–Kier alpha value is -3.34. The number of nitrogens with one attached hydrogen (secondary N) is 1. The molecule has 2 atom stereocenters. The zero-order valence-corrected chi connectivity index (χ0v) is 20.1. The molecule has 0 radical (unpaired) electrons. The van der Waals surface area contributed by atoms with Crippen molar-refractivity contribution < 1.29 is 9.59 Å². The third kappa shape index (κ3) is 4.39. The van der Waals surface area contributed by atoms with Crippen molar-refractivity contribution >= 4 is 35.3 Å². The molecule has 0 aliphatic carbocycles. The number of rotatable bonds is 5. The molecule has 4 heterocycles. The largest absolute Gasteiger partial charge is 0.368 e. The summed E-state index contributed by atoms with van der Waals surface area (Å²) in [6.07, 6.45) is 1.23. The number of aromatic nitrogens is 2. The maximum Gasteiger partial charge on any atom is 0.325 e. The SMILES string of the molecule is Cc1ccnc(SCCN2C(N3CCN(c4ccccc4)CC3)=NC3C2C(=O)NC(=O)N3C)n1. The molecule has 5 rings (SSSR count). The van der Waals surface area contributed by atoms with Gasteiger partial charge in [-0.3, -0.25) is 10.1 Å². The van der Waals surface area contributed by atoms with Gasteiger partial charge >= 0.3 is 6.03 Å². The monoisotopic (exact) mass is 480 g/mol. The van der Waals surface area contributed by atoms with E-state index in [-0.39, 0.29) is 5.91 Å². The van der Waals surface area contributed by atoms with Gasteiger partial charge in [-0.15, -0.1) is 0 Å². The number of likely N-dealkylation sites (N-methyl/N-ethyl adjacent to an activating group) is 1. The highest BCUT2D eigenvalue weighted by atomic mass is 32.2. The number of anilines is 1. The second-order valence-electron chi connectivity index (χ2n) is 8.52. The van der Waals surface area contributed by atoms with Gasteiger partial charge in [-0.2, -0.15) is 0 Å². The number of benzene rings is 1. The number of aryl methyl sites for hydroxylation is 1. The Bertz CT molecular complexity index is 1090. The summed E-state index contributed by atoms with van der Waals surface area (Å²) < 4.78 is 0. The number of hydrogen-bond acceptors (Lipinski definition) is 9. The van der Waals surface area contributed by atoms with Gasteiger partial charge in [0.1, 0.15) is 0 Å². The van der Waals surface area contributed by atoms with Crippen LogP contribution in [0.2, 0.25) is 0 Å². The summed E-state index contributed by atoms with van der Waals surface area (Å²) in [5, 5.41) is 3.19. The number of imide groups is 1. The molecule has 3 aliphatic heterocycles. The van der Waals surface area contributed by atoms with Crippen molar-refractivity contribution in [3.05, 3.63) is 48.3 Å². The number of carbonyl (C=O) groups is 2. The van der Waals surface area contributed by atoms with Gasteiger partial charge in [-0.1, -0.05) is 30.0 Å². The first-order chi connectivity index (χ1) is 16.5. The van der Waals surface area contributed by atoms with Crippen LogP contribution >= 0.6 is 11.8 Å². The second-order valence-corrected chi connectivity index (χ2v) is 9.59. The van der Waals surface area contributed by atoms with E-state index in [1.807, 2.05) is 24.0 Å². The molecule has 2 aromatic rings. The Morgan fingerprint density at radius 1 is 1.06 bits per heavy atom. The topological polar surface area (TPSA) is 97.3 Å². The summed E-state index contributed by atoms with van der Waals surface area (Å²) in [6, 6.07) is 11.3. The van der Waals surface area contributed by atoms with Crippen molar-refractivity contribution in [3.63, 3.8) is 0 Å². The van der Waals surface area contributed by atoms with Crippen molar-refractivity contribution in [1.82, 2.24) is 30.0 Å². The molecule has 2 saturated heterocycles. The number of amides is 3. The van der Waals surface area contributed by atoms with Crippen molar-refractivity contribution in [2.24, 2.45) is 4.99 Å². The summed E-state index contributed by atoms with van der Waals surface area (Å²) in [4.78, 5) is 46.9. The van der Waals surface area contributed by atoms with Crippen molar-refractivity contribution in [1.29, 1.82) is 0 Å². The van der Waals surface area contributed by atoms with Gasteiger partial charge in [0.25, 0.3) is 5.91 Å². The normalized spacial score (nSPS) is 22.6. The van der Waals surface area contributed by atoms with Crippen molar-refractivity contribution in [3.8, 4) is 0 Å². The first-order valence-corrected chi connectivity index (χ1v) is 12.4. The lowest BCUT2D eigenvalue weighted by Crippen LogP contribution is -2.64. The van der Waals surface area contributed by atoms with Gasteiger partial charge in [0, 0.05) is 63.1 Å². The Kier molecular flexibility index (Phi) is 6.27. The number of nitrogens with zero attached hydrogens (tertiary/aromatic N) is 7. The van der Waals surface area contributed by atoms with Crippen LogP contribution < -0.4 is 10.2 Å². The third-order valence-corrected chi connectivity index (χ3v) is 7.20. The summed E-state index contributed by atoms with van der Waals surface area (Å²) in [6.45, 7) is 5.83. The number of guanidine groups is 1. The van der Waals surface area contributed by atoms with Crippen LogP contribution in [0.3, 0.4) is 0 Å². The minimum atomic E-state index is -0.538. The van der Waals surface area contributed by atoms with Crippen LogP contribution in [0.1, 0.15) is 5.69 Å². The zero-order chi connectivity index (χ0) is 23.7. The first kappa shape index (κ1) is 22.5. The maximum atomic E-state index is 12.9. The van der Waals surface area contributed by atoms with Crippen LogP contribution in [-0.2, 0) is 4.79 Å². The summed E-state index contributed by atoms with van der Waals surface area (Å²) in [5.41, 5.74) is 2.13. The fourth-order valence-corrected chi connectivity index (χ4v) is 5.36. The molecular formula is C23H28N8O2S. The lowest BCUT2D eigenvalue weighted by molar-refractivity contribution is -0.127. The summed E-state index contributed by atoms with van der Waals surface area (Å²) >= 11 is 1.55. The zero-order valence-electron chi connectivity index (χ0n) is 19.3. The lowest BCUT2D eigenvalue weighted by atomic mass is 10.1. The van der Waals surface area contributed by atoms with E-state index in [0.717, 1.165) is 37.8 Å². The number of aliphatic imine (C=N–C) groups is 1. The van der Waals surface area contributed by atoms with Gasteiger partial charge < -0.3 is 19.6 Å². The van der Waals surface area contributed by atoms with Crippen LogP contribution in [-0.4, -0.2) is 100 Å². The number of fused-ring (bicyclic) bond motifs is 1. The van der Waals surface area contributed by atoms with Gasteiger partial charge in [0.15, 0.2) is 23.3 Å². The van der Waals surface area contributed by atoms with Crippen molar-refractivity contribution in [2.75, 3.05) is 50.4 Å². The van der Waals surface area contributed by atoms with Gasteiger partial charge in [0.2, 0.25) is 0 Å². The number of piperazine rings is 1. The van der Waals surface area contributed by atoms with Gasteiger partial charge in [-0.05, 0) is 25.1 Å². The van der Waals surface area contributed by atoms with Crippen LogP contribution in [0.25, 0.3) is 0 Å². The summed E-state index contributed by atoms with van der Waals surface area (Å²) in [5.74, 6) is 1.18. The third-order valence-electron chi connectivity index (χ3n) is 6.36. The highest BCUT2D eigenvalue weighted by molar-refractivity contribution is 7.99. The minimum Gasteiger partial charge on any atom is -0.368 e. The maximum absolute atomic E-state index is 12.9. The molecule has 1 aromatic carbocycles. The number of carbonyl (C=O) groups excluding carboxylic acids is 2. The fraction of sp³-hybridized carbons (Fsp3) is 0.435. The molecule has 0 spiro atoms. The molecule has 2 fully saturated rings. The van der Waals surface area contributed by atoms with E-state index in [0.29, 0.717) is 17.5 Å². The molecule has 3 aliphatic rings. The van der Waals surface area contributed by atoms with E-state index >= 15 is 0 Å². The highest BCUT2D eigenvalue weighted by Crippen LogP contribution is 2.27. The molecule has 1 N–H and O–H groups in total. The standard InChI is InChI=1S/C23H28N8O2S/c1-16-8-9-24-21(25-16)34-15-14-31-18-19(28(2)23(33)27-20(18)32)26-22(31)30-12-10-29(11-13-30)17-6-4-3-5-7-17/h3-9,18-19H,10-15H2,1-2H3,(H,27,32,33). The number of urea groups is 1. The number of para-hydroxylation sites is 1. The average Bonchev–Trinajstić information content (AvgIpc) is 3.23. The molecule has 34 heavy (non-hydrogen) atoms. The summed E-state index contributed by atoms with van der Waals surface area (Å²) in [7, 11) is 1.69. The first-order valence-electron chi connectivity index (χ1n) is 11.4. The molecule has 10 nitrogen and oxygen atoms in total. The van der Waals surface area contributed by atoms with E-state index in [4.69, 9.17) is 4.99 Å². The molecule has 1 aromatic heterocycles. The van der Waals surface area contributed by atoms with Gasteiger partial charge in [0.05, 0.1) is 0 Å². The smallest absolute Gasteiger partial charge is 0.325 e. The Morgan fingerprint density at radius 3 is 2.53 bits per heavy atom. The lowest BCUT2D eigenvalue weighted by Gasteiger charge is -2.41. The Balaban J connectivity index is 1.32. The second kappa shape index (κ2) is 9.49. The highest BCUT2D eigenvalue weighted by Gasteiger charge is 2.49. The van der Waals surface area contributed by atoms with E-state index in [1.54, 1.807) is 25.0 Å². The fourth-order valence-electron chi connectivity index (χ4n) is 4.55. The molecule has 178 valence electrons. The molecular weight excluding hydrogens is 452 g/mol. The van der Waals surface area contributed by atoms with Crippen LogP contribution in [0.5, 0.6) is 0 Å². The minimum absolute atomic E-state index is 0.299. The number of hydrogen-bond donors (Lipinski definition) is 1. The Morgan fingerprint density at radius 2 is 1.79 bits per heavy atom. The van der Waals surface area contributed by atoms with Crippen LogP contribution in [0, 0.1) is 6.92 Å². The van der Waals surface area contributed by atoms with Crippen LogP contribution in [0.15, 0.2) is 52.7 Å². The van der Waals surface area contributed by atoms with Gasteiger partial charge in [-0.25, -0.2) is 19.8 Å². The van der Waals surface area contributed by atoms with E-state index in [2.05, 4.69) is 49.4 Å². The quantitative estimate of drug-likeness (QED) is 0.505. The van der Waals surface area contributed by atoms with E-state index in [1.165, 1.54) is 10.6 Å². The predicted octanol–water partition coefficient (Wildman–Crippen LogP) is 1.25. The average molecular weight is 481 g/mol. The van der Waals surface area contributed by atoms with E-state index < -0.39 is 18.2 Å².